The molecule has 0 radical (unpaired) electrons. The largest absolute Gasteiger partial charge is 0.494 e. The molecular formula is C30H34ClN7O3. The highest BCUT2D eigenvalue weighted by atomic mass is 35.5. The number of benzene rings is 2. The summed E-state index contributed by atoms with van der Waals surface area (Å²) < 4.78 is 13.8. The highest BCUT2D eigenvalue weighted by Crippen LogP contribution is 2.41. The molecule has 5 rings (SSSR count). The molecule has 0 bridgehead atoms. The van der Waals surface area contributed by atoms with Crippen LogP contribution in [0, 0.1) is 0 Å². The molecule has 10 nitrogen and oxygen atoms in total. The molecular weight excluding hydrogens is 542 g/mol. The normalized spacial score (nSPS) is 12.7. The van der Waals surface area contributed by atoms with Gasteiger partial charge in [0.15, 0.2) is 0 Å². The number of hydrogen-bond acceptors (Lipinski definition) is 8. The molecule has 3 heterocycles. The van der Waals surface area contributed by atoms with Gasteiger partial charge in [0, 0.05) is 49.2 Å². The lowest BCUT2D eigenvalue weighted by Crippen LogP contribution is -2.29. The highest BCUT2D eigenvalue weighted by Gasteiger charge is 2.24. The number of likely N-dealkylation sites (N-methyl/N-ethyl adjacent to an activating group) is 2. The van der Waals surface area contributed by atoms with Gasteiger partial charge < -0.3 is 34.5 Å². The van der Waals surface area contributed by atoms with E-state index in [9.17, 15) is 4.79 Å². The summed E-state index contributed by atoms with van der Waals surface area (Å²) in [6.07, 6.45) is 2.83. The monoisotopic (exact) mass is 575 g/mol. The number of para-hydroxylation sites is 1. The number of rotatable bonds is 10. The van der Waals surface area contributed by atoms with Crippen molar-refractivity contribution >= 4 is 51.4 Å². The Morgan fingerprint density at radius 1 is 1.22 bits per heavy atom. The van der Waals surface area contributed by atoms with Crippen LogP contribution >= 0.6 is 11.6 Å². The first-order valence-corrected chi connectivity index (χ1v) is 13.7. The maximum absolute atomic E-state index is 12.3. The molecule has 0 fully saturated rings. The summed E-state index contributed by atoms with van der Waals surface area (Å²) in [5, 5.41) is 7.69. The Labute approximate surface area is 244 Å². The molecule has 2 aromatic carbocycles. The van der Waals surface area contributed by atoms with E-state index in [1.54, 1.807) is 13.3 Å². The molecule has 0 saturated carbocycles. The van der Waals surface area contributed by atoms with Crippen molar-refractivity contribution in [2.24, 2.45) is 0 Å². The summed E-state index contributed by atoms with van der Waals surface area (Å²) >= 11 is 6.70. The van der Waals surface area contributed by atoms with Gasteiger partial charge in [-0.2, -0.15) is 0 Å². The Morgan fingerprint density at radius 3 is 2.78 bits per heavy atom. The number of ether oxygens (including phenoxy) is 2. The second-order valence-corrected chi connectivity index (χ2v) is 10.5. The smallest absolute Gasteiger partial charge is 0.247 e. The average molecular weight is 576 g/mol. The fraction of sp³-hybridized carbons (Fsp3) is 0.300. The van der Waals surface area contributed by atoms with Crippen LogP contribution in [-0.4, -0.2) is 73.3 Å². The summed E-state index contributed by atoms with van der Waals surface area (Å²) in [7, 11) is 7.60. The number of methoxy groups -OCH3 is 1. The second kappa shape index (κ2) is 12.2. The van der Waals surface area contributed by atoms with E-state index in [-0.39, 0.29) is 5.91 Å². The first kappa shape index (κ1) is 28.4. The maximum atomic E-state index is 12.3. The average Bonchev–Trinajstić information content (AvgIpc) is 3.31. The molecule has 214 valence electrons. The number of nitrogens with one attached hydrogen (secondary N) is 2. The summed E-state index contributed by atoms with van der Waals surface area (Å²) in [6, 6.07) is 11.9. The zero-order valence-electron chi connectivity index (χ0n) is 23.7. The number of fused-ring (bicyclic) bond motifs is 3. The standard InChI is InChI=1S/C30H34ClN7O3/c1-6-27(39)33-21-15-22(26(40-5)16-24(21)37(4)12-11-36(2)3)34-30-32-17-20(31)29(35-30)28-19-9-7-8-10-23(19)38-13-14-41-18-25(28)38/h6-10,15-17H,1,11-14,18H2,2-5H3,(H,33,39)(H,32,34,35). The number of nitrogens with zero attached hydrogens (tertiary/aromatic N) is 5. The van der Waals surface area contributed by atoms with E-state index in [1.807, 2.05) is 45.4 Å². The molecule has 0 unspecified atom stereocenters. The van der Waals surface area contributed by atoms with E-state index in [1.165, 1.54) is 6.08 Å². The summed E-state index contributed by atoms with van der Waals surface area (Å²) in [5.74, 6) is 0.577. The summed E-state index contributed by atoms with van der Waals surface area (Å²) in [5.41, 5.74) is 5.66. The number of anilines is 4. The zero-order valence-corrected chi connectivity index (χ0v) is 24.5. The predicted octanol–water partition coefficient (Wildman–Crippen LogP) is 5.16. The number of carbonyl (C=O) groups excluding carboxylic acids is 1. The Kier molecular flexibility index (Phi) is 8.44. The van der Waals surface area contributed by atoms with E-state index in [2.05, 4.69) is 48.7 Å². The third-order valence-corrected chi connectivity index (χ3v) is 7.34. The first-order valence-electron chi connectivity index (χ1n) is 13.3. The van der Waals surface area contributed by atoms with Crippen molar-refractivity contribution in [1.82, 2.24) is 19.4 Å². The topological polar surface area (TPSA) is 96.8 Å². The van der Waals surface area contributed by atoms with Crippen LogP contribution in [0.1, 0.15) is 5.69 Å². The van der Waals surface area contributed by atoms with Crippen molar-refractivity contribution in [3.8, 4) is 17.0 Å². The van der Waals surface area contributed by atoms with Gasteiger partial charge in [-0.25, -0.2) is 9.97 Å². The zero-order chi connectivity index (χ0) is 29.1. The van der Waals surface area contributed by atoms with Gasteiger partial charge in [-0.3, -0.25) is 4.79 Å². The van der Waals surface area contributed by atoms with Crippen molar-refractivity contribution in [1.29, 1.82) is 0 Å². The van der Waals surface area contributed by atoms with E-state index >= 15 is 0 Å². The minimum atomic E-state index is -0.319. The maximum Gasteiger partial charge on any atom is 0.247 e. The SMILES string of the molecule is C=CC(=O)Nc1cc(Nc2ncc(Cl)c(-c3c4n(c5ccccc35)CCOC4)n2)c(OC)cc1N(C)CCN(C)C. The fourth-order valence-electron chi connectivity index (χ4n) is 4.98. The Bertz CT molecular complexity index is 1600. The molecule has 0 aliphatic carbocycles. The third kappa shape index (κ3) is 5.85. The number of hydrogen-bond donors (Lipinski definition) is 2. The second-order valence-electron chi connectivity index (χ2n) is 10.0. The molecule has 11 heteroatoms. The van der Waals surface area contributed by atoms with Crippen molar-refractivity contribution in [3.63, 3.8) is 0 Å². The summed E-state index contributed by atoms with van der Waals surface area (Å²) in [4.78, 5) is 25.8. The first-order chi connectivity index (χ1) is 19.8. The van der Waals surface area contributed by atoms with Crippen LogP contribution in [0.25, 0.3) is 22.2 Å². The lowest BCUT2D eigenvalue weighted by Gasteiger charge is -2.26. The molecule has 0 spiro atoms. The third-order valence-electron chi connectivity index (χ3n) is 7.06. The molecule has 0 atom stereocenters. The van der Waals surface area contributed by atoms with Crippen molar-refractivity contribution in [3.05, 3.63) is 66.0 Å². The molecule has 1 amide bonds. The minimum absolute atomic E-state index is 0.319. The number of amides is 1. The van der Waals surface area contributed by atoms with E-state index < -0.39 is 0 Å². The van der Waals surface area contributed by atoms with Crippen molar-refractivity contribution in [2.75, 3.05) is 63.5 Å². The van der Waals surface area contributed by atoms with Crippen LogP contribution in [0.4, 0.5) is 23.0 Å². The predicted molar refractivity (Wildman–Crippen MR) is 165 cm³/mol. The van der Waals surface area contributed by atoms with E-state index in [0.29, 0.717) is 47.0 Å². The summed E-state index contributed by atoms with van der Waals surface area (Å²) in [6.45, 7) is 7.05. The van der Waals surface area contributed by atoms with E-state index in [4.69, 9.17) is 26.1 Å². The van der Waals surface area contributed by atoms with Crippen LogP contribution in [0.3, 0.4) is 0 Å². The van der Waals surface area contributed by atoms with Crippen LogP contribution in [-0.2, 0) is 22.7 Å². The Balaban J connectivity index is 1.56. The Hall–Kier alpha value is -4.12. The van der Waals surface area contributed by atoms with Gasteiger partial charge in [0.05, 0.1) is 60.0 Å². The van der Waals surface area contributed by atoms with Gasteiger partial charge in [0.25, 0.3) is 0 Å². The van der Waals surface area contributed by atoms with Crippen molar-refractivity contribution < 1.29 is 14.3 Å². The molecule has 2 N–H and O–H groups in total. The van der Waals surface area contributed by atoms with Crippen molar-refractivity contribution in [2.45, 2.75) is 13.2 Å². The molecule has 2 aromatic heterocycles. The lowest BCUT2D eigenvalue weighted by atomic mass is 10.1. The van der Waals surface area contributed by atoms with Crippen LogP contribution in [0.15, 0.2) is 55.3 Å². The van der Waals surface area contributed by atoms with Gasteiger partial charge in [-0.15, -0.1) is 0 Å². The van der Waals surface area contributed by atoms with Crippen LogP contribution < -0.4 is 20.3 Å². The van der Waals surface area contributed by atoms with Crippen LogP contribution in [0.5, 0.6) is 5.75 Å². The van der Waals surface area contributed by atoms with Gasteiger partial charge >= 0.3 is 0 Å². The molecule has 4 aromatic rings. The minimum Gasteiger partial charge on any atom is -0.494 e. The Morgan fingerprint density at radius 2 is 2.02 bits per heavy atom. The van der Waals surface area contributed by atoms with Gasteiger partial charge in [0.1, 0.15) is 5.75 Å². The van der Waals surface area contributed by atoms with Gasteiger partial charge in [0.2, 0.25) is 11.9 Å². The van der Waals surface area contributed by atoms with Gasteiger partial charge in [-0.1, -0.05) is 36.4 Å². The van der Waals surface area contributed by atoms with Gasteiger partial charge in [-0.05, 0) is 32.3 Å². The molecule has 41 heavy (non-hydrogen) atoms. The van der Waals surface area contributed by atoms with E-state index in [0.717, 1.165) is 47.5 Å². The lowest BCUT2D eigenvalue weighted by molar-refractivity contribution is -0.111. The van der Waals surface area contributed by atoms with Crippen LogP contribution in [0.2, 0.25) is 5.02 Å². The molecule has 1 aliphatic rings. The molecule has 0 saturated heterocycles. The number of halogens is 1. The highest BCUT2D eigenvalue weighted by molar-refractivity contribution is 6.33. The molecule has 1 aliphatic heterocycles. The number of carbonyl (C=O) groups is 1. The quantitative estimate of drug-likeness (QED) is 0.250. The number of aromatic nitrogens is 3. The fourth-order valence-corrected chi connectivity index (χ4v) is 5.17.